The van der Waals surface area contributed by atoms with Gasteiger partial charge in [-0.15, -0.1) is 0 Å². The number of nitrogens with two attached hydrogens (primary N) is 5. The van der Waals surface area contributed by atoms with Crippen LogP contribution in [0.2, 0.25) is 0 Å². The van der Waals surface area contributed by atoms with Crippen LogP contribution in [0.4, 0.5) is 0 Å². The summed E-state index contributed by atoms with van der Waals surface area (Å²) in [5.41, 5.74) is 27.7. The number of ether oxygens (including phenoxy) is 4. The Morgan fingerprint density at radius 3 is 2.58 bits per heavy atom. The van der Waals surface area contributed by atoms with Gasteiger partial charge >= 0.3 is 0 Å². The summed E-state index contributed by atoms with van der Waals surface area (Å²) in [4.78, 5) is 17.1. The largest absolute Gasteiger partial charge is 0.515 e. The van der Waals surface area contributed by atoms with Gasteiger partial charge in [0, 0.05) is 24.6 Å². The number of aliphatic imine (C=N–C) groups is 1. The molecule has 4 rings (SSSR count). The summed E-state index contributed by atoms with van der Waals surface area (Å²) in [5.74, 6) is -0.551. The maximum absolute atomic E-state index is 13.2. The van der Waals surface area contributed by atoms with Gasteiger partial charge in [-0.1, -0.05) is 0 Å². The summed E-state index contributed by atoms with van der Waals surface area (Å²) in [6, 6.07) is -4.06. The molecule has 0 bridgehead atoms. The fourth-order valence-electron chi connectivity index (χ4n) is 6.21. The van der Waals surface area contributed by atoms with Crippen LogP contribution in [0, 0.1) is 0 Å². The molecule has 0 spiro atoms. The number of amides is 1. The molecule has 2 aliphatic carbocycles. The maximum Gasteiger partial charge on any atom is 0.254 e. The third kappa shape index (κ3) is 9.11. The minimum Gasteiger partial charge on any atom is -0.515 e. The first-order chi connectivity index (χ1) is 22.8. The first kappa shape index (κ1) is 38.1. The topological polar surface area (TPSA) is 334 Å². The molecule has 2 saturated carbocycles. The number of hydrogen-bond acceptors (Lipinski definition) is 16. The van der Waals surface area contributed by atoms with Crippen LogP contribution in [0.5, 0.6) is 0 Å². The number of rotatable bonds is 15. The predicted molar refractivity (Wildman–Crippen MR) is 171 cm³/mol. The number of aliphatic hydroxyl groups is 5. The lowest BCUT2D eigenvalue weighted by Gasteiger charge is -2.47. The first-order valence-electron chi connectivity index (χ1n) is 16.2. The summed E-state index contributed by atoms with van der Waals surface area (Å²) >= 11 is 0. The van der Waals surface area contributed by atoms with Gasteiger partial charge in [0.2, 0.25) is 6.29 Å². The number of nitrogens with one attached hydrogen (secondary N) is 3. The molecule has 2 heterocycles. The van der Waals surface area contributed by atoms with Crippen molar-refractivity contribution in [2.45, 2.75) is 111 Å². The SMILES string of the molecule is CN[C@H]1/C(=C\O)CO[C@H](O[C@H]2[C@H](NC(=O)C3(O)CC3N=C(N)N)C[C@H](N)C(O[C@H]3OC(CNCC(O)CCCN)=CC[C@H]3N)[C@@H]2O)[C@@H]1O. The van der Waals surface area contributed by atoms with Gasteiger partial charge in [-0.3, -0.25) is 4.79 Å². The number of carbonyl (C=O) groups is 1. The Morgan fingerprint density at radius 1 is 1.19 bits per heavy atom. The Hall–Kier alpha value is -2.66. The van der Waals surface area contributed by atoms with E-state index >= 15 is 0 Å². The highest BCUT2D eigenvalue weighted by atomic mass is 16.7. The van der Waals surface area contributed by atoms with Crippen molar-refractivity contribution in [3.63, 3.8) is 0 Å². The molecule has 1 amide bonds. The van der Waals surface area contributed by atoms with E-state index < -0.39 is 84.8 Å². The molecule has 274 valence electrons. The zero-order chi connectivity index (χ0) is 35.2. The lowest BCUT2D eigenvalue weighted by Crippen LogP contribution is -2.67. The second-order valence-corrected chi connectivity index (χ2v) is 12.8. The van der Waals surface area contributed by atoms with E-state index in [4.69, 9.17) is 47.6 Å². The van der Waals surface area contributed by atoms with E-state index in [9.17, 15) is 30.3 Å². The number of aliphatic hydroxyl groups excluding tert-OH is 4. The molecule has 2 aliphatic heterocycles. The van der Waals surface area contributed by atoms with E-state index in [1.807, 2.05) is 6.08 Å². The number of hydrogen-bond donors (Lipinski definition) is 13. The van der Waals surface area contributed by atoms with Gasteiger partial charge in [-0.2, -0.15) is 0 Å². The van der Waals surface area contributed by atoms with E-state index in [1.165, 1.54) is 0 Å². The fourth-order valence-corrected chi connectivity index (χ4v) is 6.21. The second-order valence-electron chi connectivity index (χ2n) is 12.8. The third-order valence-corrected chi connectivity index (χ3v) is 9.08. The quantitative estimate of drug-likeness (QED) is 0.0434. The van der Waals surface area contributed by atoms with Gasteiger partial charge in [0.1, 0.15) is 30.2 Å². The highest BCUT2D eigenvalue weighted by Gasteiger charge is 2.61. The molecule has 4 aliphatic rings. The van der Waals surface area contributed by atoms with Crippen LogP contribution in [0.25, 0.3) is 0 Å². The van der Waals surface area contributed by atoms with E-state index in [2.05, 4.69) is 20.9 Å². The van der Waals surface area contributed by atoms with Gasteiger partial charge in [-0.25, -0.2) is 4.99 Å². The first-order valence-corrected chi connectivity index (χ1v) is 16.2. The van der Waals surface area contributed by atoms with Crippen molar-refractivity contribution in [1.29, 1.82) is 0 Å². The van der Waals surface area contributed by atoms with Crippen LogP contribution in [-0.2, 0) is 23.7 Å². The molecule has 19 nitrogen and oxygen atoms in total. The van der Waals surface area contributed by atoms with Crippen LogP contribution >= 0.6 is 0 Å². The van der Waals surface area contributed by atoms with Crippen molar-refractivity contribution in [3.8, 4) is 0 Å². The van der Waals surface area contributed by atoms with Crippen LogP contribution in [0.1, 0.15) is 32.1 Å². The zero-order valence-electron chi connectivity index (χ0n) is 27.1. The fraction of sp³-hybridized carbons (Fsp3) is 0.793. The molecule has 3 fully saturated rings. The highest BCUT2D eigenvalue weighted by molar-refractivity contribution is 5.90. The number of carbonyl (C=O) groups excluding carboxylic acids is 1. The average Bonchev–Trinajstić information content (AvgIpc) is 3.70. The Bertz CT molecular complexity index is 1180. The summed E-state index contributed by atoms with van der Waals surface area (Å²) in [6.07, 6.45) is -3.81. The third-order valence-electron chi connectivity index (χ3n) is 9.08. The van der Waals surface area contributed by atoms with Crippen LogP contribution in [-0.4, -0.2) is 150 Å². The standard InChI is InChI=1S/C29H53N9O10/c1-35-20-13(11-39)12-45-26(21(20)41)48-24-18(37-27(43)29(44)8-19(29)38-28(33)34)7-17(32)23(22(24)42)47-25-16(31)5-4-15(46-25)10-36-9-14(40)3-2-6-30/h4,11,14,16-26,35-36,39-42,44H,2-3,5-10,12,30-32H2,1H3,(H,37,43)(H4,33,34,38)/b13-11-/t14?,16-,17+,18-,19?,20+,21-,22+,23?,24+,25-,26-,29?/m1/s1. The second kappa shape index (κ2) is 16.8. The Morgan fingerprint density at radius 2 is 1.92 bits per heavy atom. The highest BCUT2D eigenvalue weighted by Crippen LogP contribution is 2.40. The lowest BCUT2D eigenvalue weighted by atomic mass is 9.83. The van der Waals surface area contributed by atoms with Crippen molar-refractivity contribution in [2.24, 2.45) is 33.7 Å². The van der Waals surface area contributed by atoms with Gasteiger partial charge < -0.3 is 89.1 Å². The van der Waals surface area contributed by atoms with Gasteiger partial charge in [0.15, 0.2) is 17.9 Å². The minimum absolute atomic E-state index is 0.00807. The van der Waals surface area contributed by atoms with Crippen LogP contribution in [0.3, 0.4) is 0 Å². The Labute approximate surface area is 278 Å². The van der Waals surface area contributed by atoms with Crippen molar-refractivity contribution in [3.05, 3.63) is 23.7 Å². The predicted octanol–water partition coefficient (Wildman–Crippen LogP) is -5.50. The summed E-state index contributed by atoms with van der Waals surface area (Å²) in [7, 11) is 1.58. The monoisotopic (exact) mass is 687 g/mol. The van der Waals surface area contributed by atoms with Crippen molar-refractivity contribution >= 4 is 11.9 Å². The summed E-state index contributed by atoms with van der Waals surface area (Å²) in [5, 5.41) is 62.0. The number of likely N-dealkylation sites (N-methyl/N-ethyl adjacent to an activating group) is 1. The number of nitrogens with zero attached hydrogens (tertiary/aromatic N) is 1. The minimum atomic E-state index is -1.88. The van der Waals surface area contributed by atoms with E-state index in [0.29, 0.717) is 50.2 Å². The van der Waals surface area contributed by atoms with Crippen molar-refractivity contribution < 1.29 is 49.3 Å². The molecule has 18 N–H and O–H groups in total. The molecule has 1 saturated heterocycles. The van der Waals surface area contributed by atoms with Crippen LogP contribution < -0.4 is 44.6 Å². The van der Waals surface area contributed by atoms with Gasteiger partial charge in [0.05, 0.1) is 49.7 Å². The average molecular weight is 688 g/mol. The maximum atomic E-state index is 13.2. The van der Waals surface area contributed by atoms with Gasteiger partial charge in [0.25, 0.3) is 5.91 Å². The molecule has 13 atom stereocenters. The lowest BCUT2D eigenvalue weighted by molar-refractivity contribution is -0.275. The molecule has 0 aromatic carbocycles. The molecule has 19 heteroatoms. The van der Waals surface area contributed by atoms with E-state index in [1.54, 1.807) is 7.05 Å². The van der Waals surface area contributed by atoms with Crippen molar-refractivity contribution in [1.82, 2.24) is 16.0 Å². The Balaban J connectivity index is 1.47. The molecular formula is C29H53N9O10. The molecule has 48 heavy (non-hydrogen) atoms. The van der Waals surface area contributed by atoms with E-state index in [-0.39, 0.29) is 25.4 Å². The Kier molecular flexibility index (Phi) is 13.4. The molecule has 0 aromatic rings. The molecule has 0 aromatic heterocycles. The van der Waals surface area contributed by atoms with Gasteiger partial charge in [-0.05, 0) is 45.4 Å². The molecule has 0 radical (unpaired) electrons. The molecular weight excluding hydrogens is 634 g/mol. The zero-order valence-corrected chi connectivity index (χ0v) is 27.1. The normalized spacial score (nSPS) is 39.6. The van der Waals surface area contributed by atoms with Crippen LogP contribution in [0.15, 0.2) is 28.7 Å². The smallest absolute Gasteiger partial charge is 0.254 e. The van der Waals surface area contributed by atoms with E-state index in [0.717, 1.165) is 6.26 Å². The van der Waals surface area contributed by atoms with Crippen molar-refractivity contribution in [2.75, 3.05) is 33.3 Å². The summed E-state index contributed by atoms with van der Waals surface area (Å²) in [6.45, 7) is 1.02. The molecule has 4 unspecified atom stereocenters. The summed E-state index contributed by atoms with van der Waals surface area (Å²) < 4.78 is 24.0. The number of guanidine groups is 1.